The predicted octanol–water partition coefficient (Wildman–Crippen LogP) is 4.05. The molecule has 4 nitrogen and oxygen atoms in total. The van der Waals surface area contributed by atoms with Crippen LogP contribution < -0.4 is 10.1 Å². The Morgan fingerprint density at radius 2 is 2.00 bits per heavy atom. The van der Waals surface area contributed by atoms with Crippen molar-refractivity contribution in [1.82, 2.24) is 10.3 Å². The van der Waals surface area contributed by atoms with E-state index in [1.165, 1.54) is 0 Å². The van der Waals surface area contributed by atoms with E-state index in [2.05, 4.69) is 21.2 Å². The largest absolute Gasteiger partial charge is 0.457 e. The fourth-order valence-corrected chi connectivity index (χ4v) is 1.80. The summed E-state index contributed by atoms with van der Waals surface area (Å²) in [6.07, 6.45) is 8.52. The van der Waals surface area contributed by atoms with Crippen LogP contribution in [0.2, 0.25) is 0 Å². The number of terminal acetylenes is 1. The summed E-state index contributed by atoms with van der Waals surface area (Å²) in [5, 5.41) is 3.09. The number of hydrogen-bond acceptors (Lipinski definition) is 3. The van der Waals surface area contributed by atoms with E-state index in [9.17, 15) is 0 Å². The van der Waals surface area contributed by atoms with E-state index >= 15 is 0 Å². The standard InChI is InChI=1S/C18H17N3O/c1-4-8-14(2)20-15(3)21-18-13-17(11-12-19-18)22-16-9-6-5-7-10-16/h1,5-13H,2-3H3,(H,19,20,21)/b14-8-. The highest BCUT2D eigenvalue weighted by molar-refractivity contribution is 5.83. The molecule has 1 aromatic heterocycles. The van der Waals surface area contributed by atoms with E-state index in [0.29, 0.717) is 17.4 Å². The Morgan fingerprint density at radius 3 is 2.73 bits per heavy atom. The van der Waals surface area contributed by atoms with E-state index in [1.807, 2.05) is 44.2 Å². The molecule has 1 heterocycles. The fourth-order valence-electron chi connectivity index (χ4n) is 1.80. The van der Waals surface area contributed by atoms with Gasteiger partial charge in [-0.1, -0.05) is 24.1 Å². The number of allylic oxidation sites excluding steroid dienone is 2. The van der Waals surface area contributed by atoms with Crippen LogP contribution in [0.3, 0.4) is 0 Å². The molecular formula is C18H17N3O. The second-order valence-corrected chi connectivity index (χ2v) is 4.58. The second-order valence-electron chi connectivity index (χ2n) is 4.58. The van der Waals surface area contributed by atoms with Crippen LogP contribution in [0.5, 0.6) is 11.5 Å². The number of nitrogens with one attached hydrogen (secondary N) is 1. The monoisotopic (exact) mass is 291 g/mol. The number of nitrogens with zero attached hydrogens (tertiary/aromatic N) is 2. The Hall–Kier alpha value is -3.06. The number of pyridine rings is 1. The molecule has 0 unspecified atom stereocenters. The first-order chi connectivity index (χ1) is 10.7. The van der Waals surface area contributed by atoms with Crippen LogP contribution in [0.1, 0.15) is 13.8 Å². The lowest BCUT2D eigenvalue weighted by atomic mass is 10.3. The van der Waals surface area contributed by atoms with Gasteiger partial charge in [-0.2, -0.15) is 0 Å². The van der Waals surface area contributed by atoms with Gasteiger partial charge in [0.05, 0.1) is 0 Å². The van der Waals surface area contributed by atoms with Crippen molar-refractivity contribution in [2.45, 2.75) is 13.8 Å². The van der Waals surface area contributed by atoms with Crippen molar-refractivity contribution >= 4 is 11.7 Å². The van der Waals surface area contributed by atoms with Gasteiger partial charge in [0.25, 0.3) is 0 Å². The zero-order valence-electron chi connectivity index (χ0n) is 12.6. The Morgan fingerprint density at radius 1 is 1.23 bits per heavy atom. The average Bonchev–Trinajstić information content (AvgIpc) is 2.48. The van der Waals surface area contributed by atoms with Gasteiger partial charge in [-0.15, -0.1) is 6.42 Å². The highest BCUT2D eigenvalue weighted by Crippen LogP contribution is 2.23. The maximum Gasteiger partial charge on any atom is 0.157 e. The summed E-state index contributed by atoms with van der Waals surface area (Å²) < 4.78 is 5.75. The van der Waals surface area contributed by atoms with Crippen LogP contribution in [0.15, 0.2) is 65.4 Å². The molecule has 2 rings (SSSR count). The number of para-hydroxylation sites is 1. The molecule has 4 heteroatoms. The van der Waals surface area contributed by atoms with Gasteiger partial charge in [0.1, 0.15) is 17.3 Å². The van der Waals surface area contributed by atoms with Gasteiger partial charge in [-0.3, -0.25) is 0 Å². The molecule has 0 spiro atoms. The molecule has 0 aliphatic rings. The minimum atomic E-state index is 0.562. The molecule has 0 aliphatic heterocycles. The first-order valence-electron chi connectivity index (χ1n) is 6.81. The zero-order valence-corrected chi connectivity index (χ0v) is 12.6. The quantitative estimate of drug-likeness (QED) is 0.525. The van der Waals surface area contributed by atoms with Crippen LogP contribution in [0.25, 0.3) is 0 Å². The molecule has 2 aromatic rings. The Kier molecular flexibility index (Phi) is 5.33. The molecule has 0 amide bonds. The van der Waals surface area contributed by atoms with Crippen molar-refractivity contribution in [3.63, 3.8) is 0 Å². The number of amidine groups is 1. The van der Waals surface area contributed by atoms with E-state index in [0.717, 1.165) is 11.4 Å². The molecule has 0 saturated heterocycles. The molecule has 0 fully saturated rings. The summed E-state index contributed by atoms with van der Waals surface area (Å²) in [6.45, 7) is 3.72. The van der Waals surface area contributed by atoms with Gasteiger partial charge in [-0.25, -0.2) is 9.98 Å². The molecule has 0 saturated carbocycles. The van der Waals surface area contributed by atoms with Crippen molar-refractivity contribution in [3.05, 3.63) is 60.4 Å². The number of aromatic nitrogens is 1. The number of ether oxygens (including phenoxy) is 1. The van der Waals surface area contributed by atoms with E-state index in [1.54, 1.807) is 24.4 Å². The Labute approximate surface area is 130 Å². The Balaban J connectivity index is 2.11. The van der Waals surface area contributed by atoms with E-state index < -0.39 is 0 Å². The van der Waals surface area contributed by atoms with Crippen LogP contribution in [0, 0.1) is 12.3 Å². The second kappa shape index (κ2) is 7.65. The molecule has 110 valence electrons. The first-order valence-corrected chi connectivity index (χ1v) is 6.81. The third-order valence-electron chi connectivity index (χ3n) is 2.66. The topological polar surface area (TPSA) is 46.5 Å². The van der Waals surface area contributed by atoms with Crippen molar-refractivity contribution < 1.29 is 4.74 Å². The van der Waals surface area contributed by atoms with Crippen molar-refractivity contribution in [2.75, 3.05) is 0 Å². The maximum atomic E-state index is 5.75. The summed E-state index contributed by atoms with van der Waals surface area (Å²) in [7, 11) is 0. The van der Waals surface area contributed by atoms with Crippen LogP contribution >= 0.6 is 0 Å². The number of hydrogen-bond donors (Lipinski definition) is 1. The van der Waals surface area contributed by atoms with Crippen LogP contribution in [-0.2, 0) is 0 Å². The number of rotatable bonds is 4. The molecule has 1 N–H and O–H groups in total. The minimum absolute atomic E-state index is 0.562. The lowest BCUT2D eigenvalue weighted by Crippen LogP contribution is -2.17. The minimum Gasteiger partial charge on any atom is -0.457 e. The highest BCUT2D eigenvalue weighted by Gasteiger charge is 2.00. The fraction of sp³-hybridized carbons (Fsp3) is 0.111. The zero-order chi connectivity index (χ0) is 15.8. The van der Waals surface area contributed by atoms with Gasteiger partial charge >= 0.3 is 0 Å². The molecule has 0 atom stereocenters. The van der Waals surface area contributed by atoms with Crippen molar-refractivity contribution in [2.24, 2.45) is 4.99 Å². The van der Waals surface area contributed by atoms with Crippen LogP contribution in [-0.4, -0.2) is 10.8 Å². The molecule has 0 radical (unpaired) electrons. The van der Waals surface area contributed by atoms with Gasteiger partial charge < -0.3 is 10.1 Å². The summed E-state index contributed by atoms with van der Waals surface area (Å²) in [5.74, 6) is 5.18. The van der Waals surface area contributed by atoms with E-state index in [4.69, 9.17) is 11.2 Å². The van der Waals surface area contributed by atoms with Gasteiger partial charge in [0, 0.05) is 24.0 Å². The summed E-state index contributed by atoms with van der Waals surface area (Å²) >= 11 is 0. The lowest BCUT2D eigenvalue weighted by Gasteiger charge is -2.07. The third kappa shape index (κ3) is 4.80. The molecule has 1 aromatic carbocycles. The molecule has 22 heavy (non-hydrogen) atoms. The van der Waals surface area contributed by atoms with Crippen molar-refractivity contribution in [1.29, 1.82) is 0 Å². The summed E-state index contributed by atoms with van der Waals surface area (Å²) in [5.41, 5.74) is 0.848. The molecule has 0 bridgehead atoms. The van der Waals surface area contributed by atoms with E-state index in [-0.39, 0.29) is 0 Å². The first kappa shape index (κ1) is 15.3. The summed E-state index contributed by atoms with van der Waals surface area (Å²) in [6, 6.07) is 13.1. The average molecular weight is 291 g/mol. The normalized spacial score (nSPS) is 11.7. The lowest BCUT2D eigenvalue weighted by molar-refractivity contribution is 0.482. The smallest absolute Gasteiger partial charge is 0.157 e. The highest BCUT2D eigenvalue weighted by atomic mass is 16.5. The third-order valence-corrected chi connectivity index (χ3v) is 2.66. The SMILES string of the molecule is C#C/C=C(/C)NC(C)=Nc1cc(Oc2ccccc2)ccn1. The molecular weight excluding hydrogens is 274 g/mol. The predicted molar refractivity (Wildman–Crippen MR) is 89.2 cm³/mol. The van der Waals surface area contributed by atoms with Crippen molar-refractivity contribution in [3.8, 4) is 23.8 Å². The Bertz CT molecular complexity index is 727. The maximum absolute atomic E-state index is 5.75. The summed E-state index contributed by atoms with van der Waals surface area (Å²) in [4.78, 5) is 8.60. The van der Waals surface area contributed by atoms with Gasteiger partial charge in [0.15, 0.2) is 5.82 Å². The van der Waals surface area contributed by atoms with Gasteiger partial charge in [0.2, 0.25) is 0 Å². The number of aliphatic imine (C=N–C) groups is 1. The van der Waals surface area contributed by atoms with Crippen LogP contribution in [0.4, 0.5) is 5.82 Å². The number of benzene rings is 1. The van der Waals surface area contributed by atoms with Gasteiger partial charge in [-0.05, 0) is 32.0 Å². The molecule has 0 aliphatic carbocycles.